The Morgan fingerprint density at radius 1 is 1.30 bits per heavy atom. The number of halogens is 1. The van der Waals surface area contributed by atoms with E-state index in [1.807, 2.05) is 0 Å². The van der Waals surface area contributed by atoms with Crippen LogP contribution in [-0.4, -0.2) is 27.5 Å². The number of benzene rings is 1. The fourth-order valence-electron chi connectivity index (χ4n) is 3.26. The zero-order chi connectivity index (χ0) is 14.2. The van der Waals surface area contributed by atoms with Gasteiger partial charge in [-0.3, -0.25) is 0 Å². The van der Waals surface area contributed by atoms with Gasteiger partial charge in [-0.1, -0.05) is 12.1 Å². The summed E-state index contributed by atoms with van der Waals surface area (Å²) in [5.74, 6) is 0. The minimum absolute atomic E-state index is 0.0285. The fourth-order valence-corrected chi connectivity index (χ4v) is 4.49. The van der Waals surface area contributed by atoms with Gasteiger partial charge in [-0.05, 0) is 48.9 Å². The van der Waals surface area contributed by atoms with E-state index in [-0.39, 0.29) is 10.9 Å². The van der Waals surface area contributed by atoms with Gasteiger partial charge in [0, 0.05) is 12.6 Å². The van der Waals surface area contributed by atoms with Gasteiger partial charge in [-0.25, -0.2) is 17.5 Å². The molecule has 1 aliphatic carbocycles. The first-order chi connectivity index (χ1) is 9.53. The lowest BCUT2D eigenvalue weighted by Crippen LogP contribution is -2.51. The monoisotopic (exact) mass is 298 g/mol. The van der Waals surface area contributed by atoms with Crippen molar-refractivity contribution in [3.05, 3.63) is 29.8 Å². The number of alkyl halides is 1. The minimum Gasteiger partial charge on any atom is -0.316 e. The molecule has 1 aromatic rings. The lowest BCUT2D eigenvalue weighted by molar-refractivity contribution is 0.120. The third kappa shape index (κ3) is 2.60. The van der Waals surface area contributed by atoms with Crippen LogP contribution in [0.3, 0.4) is 0 Å². The quantitative estimate of drug-likeness (QED) is 0.887. The summed E-state index contributed by atoms with van der Waals surface area (Å²) in [6.45, 7) is 1.45. The SMILES string of the molecule is O=S(=O)(NC1CC2(CCNC2)C1)c1ccc(CF)cc1. The minimum atomic E-state index is -3.48. The molecule has 20 heavy (non-hydrogen) atoms. The Balaban J connectivity index is 1.64. The van der Waals surface area contributed by atoms with Crippen LogP contribution in [0.25, 0.3) is 0 Å². The van der Waals surface area contributed by atoms with E-state index in [2.05, 4.69) is 10.0 Å². The highest BCUT2D eigenvalue weighted by molar-refractivity contribution is 7.89. The van der Waals surface area contributed by atoms with Gasteiger partial charge in [0.2, 0.25) is 10.0 Å². The Morgan fingerprint density at radius 2 is 2.00 bits per heavy atom. The maximum atomic E-state index is 12.4. The Hall–Kier alpha value is -0.980. The molecule has 1 saturated heterocycles. The van der Waals surface area contributed by atoms with E-state index < -0.39 is 16.7 Å². The van der Waals surface area contributed by atoms with Gasteiger partial charge in [0.15, 0.2) is 0 Å². The largest absolute Gasteiger partial charge is 0.316 e. The topological polar surface area (TPSA) is 58.2 Å². The van der Waals surface area contributed by atoms with Crippen molar-refractivity contribution in [1.29, 1.82) is 0 Å². The molecule has 0 radical (unpaired) electrons. The second-order valence-corrected chi connectivity index (χ2v) is 7.64. The average Bonchev–Trinajstić information content (AvgIpc) is 2.87. The number of nitrogens with one attached hydrogen (secondary N) is 2. The molecule has 0 atom stereocenters. The van der Waals surface area contributed by atoms with Gasteiger partial charge >= 0.3 is 0 Å². The van der Waals surface area contributed by atoms with Crippen molar-refractivity contribution in [3.63, 3.8) is 0 Å². The predicted octanol–water partition coefficient (Wildman–Crippen LogP) is 1.58. The number of rotatable bonds is 4. The van der Waals surface area contributed by atoms with Crippen molar-refractivity contribution < 1.29 is 12.8 Å². The average molecular weight is 298 g/mol. The highest BCUT2D eigenvalue weighted by Gasteiger charge is 2.47. The van der Waals surface area contributed by atoms with Crippen molar-refractivity contribution in [2.24, 2.45) is 5.41 Å². The van der Waals surface area contributed by atoms with Crippen LogP contribution < -0.4 is 10.0 Å². The van der Waals surface area contributed by atoms with E-state index in [4.69, 9.17) is 0 Å². The molecular weight excluding hydrogens is 279 g/mol. The first-order valence-electron chi connectivity index (χ1n) is 6.91. The van der Waals surface area contributed by atoms with Crippen LogP contribution in [0.1, 0.15) is 24.8 Å². The summed E-state index contributed by atoms with van der Waals surface area (Å²) in [7, 11) is -3.48. The second-order valence-electron chi connectivity index (χ2n) is 5.93. The summed E-state index contributed by atoms with van der Waals surface area (Å²) in [5.41, 5.74) is 0.800. The smallest absolute Gasteiger partial charge is 0.240 e. The molecule has 4 nitrogen and oxygen atoms in total. The molecule has 0 aromatic heterocycles. The molecule has 1 spiro atoms. The van der Waals surface area contributed by atoms with Crippen LogP contribution in [0.5, 0.6) is 0 Å². The van der Waals surface area contributed by atoms with Gasteiger partial charge < -0.3 is 5.32 Å². The zero-order valence-corrected chi connectivity index (χ0v) is 12.0. The maximum absolute atomic E-state index is 12.4. The molecule has 110 valence electrons. The highest BCUT2D eigenvalue weighted by atomic mass is 32.2. The third-order valence-corrected chi connectivity index (χ3v) is 5.94. The Morgan fingerprint density at radius 3 is 2.55 bits per heavy atom. The lowest BCUT2D eigenvalue weighted by Gasteiger charge is -2.44. The molecular formula is C14H19FN2O2S. The van der Waals surface area contributed by atoms with E-state index in [0.717, 1.165) is 32.4 Å². The molecule has 2 aliphatic rings. The van der Waals surface area contributed by atoms with Crippen molar-refractivity contribution in [3.8, 4) is 0 Å². The van der Waals surface area contributed by atoms with E-state index >= 15 is 0 Å². The number of sulfonamides is 1. The van der Waals surface area contributed by atoms with Gasteiger partial charge in [0.05, 0.1) is 4.90 Å². The zero-order valence-electron chi connectivity index (χ0n) is 11.2. The van der Waals surface area contributed by atoms with Crippen LogP contribution in [-0.2, 0) is 16.7 Å². The molecule has 1 aromatic carbocycles. The van der Waals surface area contributed by atoms with E-state index in [1.165, 1.54) is 24.3 Å². The van der Waals surface area contributed by atoms with Crippen molar-refractivity contribution in [2.45, 2.75) is 36.9 Å². The third-order valence-electron chi connectivity index (χ3n) is 4.40. The maximum Gasteiger partial charge on any atom is 0.240 e. The van der Waals surface area contributed by atoms with Crippen LogP contribution in [0.15, 0.2) is 29.2 Å². The molecule has 1 heterocycles. The first kappa shape index (κ1) is 14.0. The van der Waals surface area contributed by atoms with E-state index in [9.17, 15) is 12.8 Å². The molecule has 0 amide bonds. The Labute approximate surface area is 118 Å². The molecule has 3 rings (SSSR count). The Bertz CT molecular complexity index is 572. The summed E-state index contributed by atoms with van der Waals surface area (Å²) in [5, 5.41) is 3.33. The normalized spacial score (nSPS) is 29.6. The number of hydrogen-bond donors (Lipinski definition) is 2. The summed E-state index contributed by atoms with van der Waals surface area (Å²) in [6, 6.07) is 5.97. The van der Waals surface area contributed by atoms with Crippen LogP contribution in [0, 0.1) is 5.41 Å². The molecule has 6 heteroatoms. The summed E-state index contributed by atoms with van der Waals surface area (Å²) >= 11 is 0. The van der Waals surface area contributed by atoms with Gasteiger partial charge in [0.25, 0.3) is 0 Å². The summed E-state index contributed by atoms with van der Waals surface area (Å²) < 4.78 is 39.6. The van der Waals surface area contributed by atoms with E-state index in [0.29, 0.717) is 11.0 Å². The van der Waals surface area contributed by atoms with Gasteiger partial charge in [-0.15, -0.1) is 0 Å². The number of hydrogen-bond acceptors (Lipinski definition) is 3. The molecule has 1 saturated carbocycles. The fraction of sp³-hybridized carbons (Fsp3) is 0.571. The van der Waals surface area contributed by atoms with Crippen LogP contribution in [0.4, 0.5) is 4.39 Å². The standard InChI is InChI=1S/C14H19FN2O2S/c15-9-11-1-3-13(4-2-11)20(18,19)17-12-7-14(8-12)5-6-16-10-14/h1-4,12,16-17H,5-10H2. The highest BCUT2D eigenvalue weighted by Crippen LogP contribution is 2.46. The summed E-state index contributed by atoms with van der Waals surface area (Å²) in [4.78, 5) is 0.209. The van der Waals surface area contributed by atoms with Crippen molar-refractivity contribution >= 4 is 10.0 Å². The second kappa shape index (κ2) is 5.09. The van der Waals surface area contributed by atoms with Crippen LogP contribution in [0.2, 0.25) is 0 Å². The van der Waals surface area contributed by atoms with E-state index in [1.54, 1.807) is 0 Å². The molecule has 0 bridgehead atoms. The first-order valence-corrected chi connectivity index (χ1v) is 8.39. The van der Waals surface area contributed by atoms with Crippen molar-refractivity contribution in [2.75, 3.05) is 13.1 Å². The molecule has 2 N–H and O–H groups in total. The van der Waals surface area contributed by atoms with Gasteiger partial charge in [-0.2, -0.15) is 0 Å². The Kier molecular flexibility index (Phi) is 3.56. The summed E-state index contributed by atoms with van der Waals surface area (Å²) in [6.07, 6.45) is 2.94. The lowest BCUT2D eigenvalue weighted by atomic mass is 9.65. The molecule has 1 aliphatic heterocycles. The predicted molar refractivity (Wildman–Crippen MR) is 74.5 cm³/mol. The van der Waals surface area contributed by atoms with Gasteiger partial charge in [0.1, 0.15) is 6.67 Å². The van der Waals surface area contributed by atoms with Crippen LogP contribution >= 0.6 is 0 Å². The van der Waals surface area contributed by atoms with Crippen molar-refractivity contribution in [1.82, 2.24) is 10.0 Å². The molecule has 2 fully saturated rings. The molecule has 0 unspecified atom stereocenters.